The van der Waals surface area contributed by atoms with Gasteiger partial charge in [0.05, 0.1) is 36.4 Å². The van der Waals surface area contributed by atoms with E-state index in [1.807, 2.05) is 6.92 Å². The Hall–Kier alpha value is -2.74. The molecule has 0 aliphatic rings. The highest BCUT2D eigenvalue weighted by Crippen LogP contribution is 2.23. The molecule has 14 nitrogen and oxygen atoms in total. The molecule has 5 aromatic heterocycles. The van der Waals surface area contributed by atoms with E-state index in [2.05, 4.69) is 105 Å². The van der Waals surface area contributed by atoms with E-state index in [0.29, 0.717) is 36.8 Å². The smallest absolute Gasteiger partial charge is 0.306 e. The molecule has 5 rings (SSSR count). The van der Waals surface area contributed by atoms with Gasteiger partial charge in [0.25, 0.3) is 5.91 Å². The highest BCUT2D eigenvalue weighted by molar-refractivity contribution is 9.11. The van der Waals surface area contributed by atoms with Crippen molar-refractivity contribution >= 4 is 144 Å². The number of pyridine rings is 5. The number of carbonyl (C=O) groups is 2. The lowest BCUT2D eigenvalue weighted by Gasteiger charge is -2.05. The number of rotatable bonds is 5. The molecule has 1 unspecified atom stereocenters. The van der Waals surface area contributed by atoms with Crippen molar-refractivity contribution in [1.82, 2.24) is 24.9 Å². The fourth-order valence-corrected chi connectivity index (χ4v) is 6.34. The van der Waals surface area contributed by atoms with E-state index in [-0.39, 0.29) is 33.8 Å². The molecule has 23 heteroatoms. The molecule has 6 N–H and O–H groups in total. The second kappa shape index (κ2) is 25.4. The molecule has 0 bridgehead atoms. The number of hydrogen-bond donors (Lipinski definition) is 3. The number of nitriles is 1. The quantitative estimate of drug-likeness (QED) is 0.0846. The number of hydrogen-bond acceptors (Lipinski definition) is 12. The van der Waals surface area contributed by atoms with Gasteiger partial charge in [-0.15, -0.1) is 0 Å². The molecule has 0 fully saturated rings. The zero-order valence-electron chi connectivity index (χ0n) is 27.0. The van der Waals surface area contributed by atoms with Gasteiger partial charge in [0.15, 0.2) is 6.29 Å². The molecule has 5 aromatic rings. The van der Waals surface area contributed by atoms with E-state index in [0.717, 1.165) is 24.8 Å². The van der Waals surface area contributed by atoms with Gasteiger partial charge in [0, 0.05) is 72.0 Å². The van der Waals surface area contributed by atoms with Crippen LogP contribution in [0.15, 0.2) is 83.7 Å². The predicted molar refractivity (Wildman–Crippen MR) is 225 cm³/mol. The van der Waals surface area contributed by atoms with Crippen LogP contribution in [-0.4, -0.2) is 42.0 Å². The molecule has 54 heavy (non-hydrogen) atoms. The van der Waals surface area contributed by atoms with Gasteiger partial charge in [-0.25, -0.2) is 9.97 Å². The third-order valence-electron chi connectivity index (χ3n) is 5.47. The molecule has 284 valence electrons. The van der Waals surface area contributed by atoms with Crippen LogP contribution in [0, 0.1) is 21.4 Å². The first kappa shape index (κ1) is 49.3. The summed E-state index contributed by atoms with van der Waals surface area (Å²) >= 11 is 38.7. The first-order chi connectivity index (χ1) is 25.3. The molecule has 0 spiro atoms. The Labute approximate surface area is 370 Å². The van der Waals surface area contributed by atoms with Crippen molar-refractivity contribution in [3.05, 3.63) is 142 Å². The van der Waals surface area contributed by atoms with E-state index < -0.39 is 10.8 Å². The van der Waals surface area contributed by atoms with E-state index in [4.69, 9.17) is 68.9 Å². The van der Waals surface area contributed by atoms with Gasteiger partial charge in [-0.05, 0) is 111 Å². The van der Waals surface area contributed by atoms with Gasteiger partial charge in [0.1, 0.15) is 17.5 Å². The Morgan fingerprint density at radius 1 is 0.815 bits per heavy atom. The van der Waals surface area contributed by atoms with Crippen LogP contribution in [-0.2, 0) is 6.54 Å². The summed E-state index contributed by atoms with van der Waals surface area (Å²) in [5.74, 6) is -0.623. The molecule has 0 saturated carbocycles. The van der Waals surface area contributed by atoms with Gasteiger partial charge in [-0.3, -0.25) is 34.7 Å². The summed E-state index contributed by atoms with van der Waals surface area (Å²) in [5.41, 5.74) is 17.3. The molecule has 0 aliphatic heterocycles. The molecular weight excluding hydrogens is 1120 g/mol. The number of halogens is 9. The van der Waals surface area contributed by atoms with E-state index in [1.165, 1.54) is 24.7 Å². The van der Waals surface area contributed by atoms with Gasteiger partial charge in [0.2, 0.25) is 5.69 Å². The Kier molecular flexibility index (Phi) is 23.2. The number of aromatic nitrogens is 5. The fraction of sp³-hybridized carbons (Fsp3) is 0.0968. The lowest BCUT2D eigenvalue weighted by atomic mass is 10.2. The SMILES string of the molecule is CC(N)c1ncc(Br)cc1Cl.N#Cc1ncc(Br)cc1[N+](=O)[O-].NC(=O)c1ncc(Br)cc1Cl.NCc1ncc(Br)cc1Cl.O=Cc1ncc(Br)cc1Cl. The summed E-state index contributed by atoms with van der Waals surface area (Å²) in [7, 11) is 0. The maximum atomic E-state index is 10.6. The topological polar surface area (TPSA) is 244 Å². The number of carbonyl (C=O) groups excluding carboxylic acids is 2. The van der Waals surface area contributed by atoms with Crippen LogP contribution in [0.2, 0.25) is 20.1 Å². The Morgan fingerprint density at radius 2 is 1.28 bits per heavy atom. The second-order valence-electron chi connectivity index (χ2n) is 9.47. The second-order valence-corrected chi connectivity index (χ2v) is 15.7. The van der Waals surface area contributed by atoms with Crippen molar-refractivity contribution in [1.29, 1.82) is 5.26 Å². The van der Waals surface area contributed by atoms with Crippen LogP contribution in [0.5, 0.6) is 0 Å². The molecule has 0 radical (unpaired) electrons. The third-order valence-corrected chi connectivity index (χ3v) is 8.86. The highest BCUT2D eigenvalue weighted by Gasteiger charge is 2.14. The number of nitro groups is 1. The van der Waals surface area contributed by atoms with E-state index in [9.17, 15) is 19.7 Å². The van der Waals surface area contributed by atoms with Crippen LogP contribution in [0.3, 0.4) is 0 Å². The van der Waals surface area contributed by atoms with Gasteiger partial charge in [-0.1, -0.05) is 46.4 Å². The van der Waals surface area contributed by atoms with E-state index >= 15 is 0 Å². The average molecular weight is 1140 g/mol. The zero-order valence-corrected chi connectivity index (χ0v) is 38.0. The van der Waals surface area contributed by atoms with Crippen LogP contribution >= 0.6 is 126 Å². The van der Waals surface area contributed by atoms with Crippen molar-refractivity contribution in [3.8, 4) is 6.07 Å². The van der Waals surface area contributed by atoms with Crippen molar-refractivity contribution in [3.63, 3.8) is 0 Å². The summed E-state index contributed by atoms with van der Waals surface area (Å²) in [5, 5.41) is 20.6. The number of amides is 1. The Balaban J connectivity index is 0.000000338. The molecule has 0 aromatic carbocycles. The molecule has 0 aliphatic carbocycles. The summed E-state index contributed by atoms with van der Waals surface area (Å²) in [6.07, 6.45) is 8.31. The lowest BCUT2D eigenvalue weighted by molar-refractivity contribution is -0.385. The number of primary amides is 1. The minimum atomic E-state index is -0.643. The molecule has 1 amide bonds. The average Bonchev–Trinajstić information content (AvgIpc) is 3.09. The first-order valence-corrected chi connectivity index (χ1v) is 19.5. The lowest BCUT2D eigenvalue weighted by Crippen LogP contribution is -2.13. The minimum absolute atomic E-state index is 0.0925. The Bertz CT molecular complexity index is 2130. The van der Waals surface area contributed by atoms with Gasteiger partial charge >= 0.3 is 5.69 Å². The molecule has 5 heterocycles. The minimum Gasteiger partial charge on any atom is -0.364 e. The van der Waals surface area contributed by atoms with Crippen LogP contribution in [0.4, 0.5) is 5.69 Å². The van der Waals surface area contributed by atoms with Crippen molar-refractivity contribution < 1.29 is 14.5 Å². The van der Waals surface area contributed by atoms with Crippen LogP contribution in [0.25, 0.3) is 0 Å². The van der Waals surface area contributed by atoms with Crippen molar-refractivity contribution in [2.75, 3.05) is 0 Å². The number of aldehydes is 1. The van der Waals surface area contributed by atoms with Crippen molar-refractivity contribution in [2.24, 2.45) is 17.2 Å². The maximum absolute atomic E-state index is 10.6. The van der Waals surface area contributed by atoms with Gasteiger partial charge in [-0.2, -0.15) is 5.26 Å². The molecular formula is C31H23Br5Cl4N10O4. The van der Waals surface area contributed by atoms with Crippen LogP contribution < -0.4 is 17.2 Å². The standard InChI is InChI=1S/C7H8BrClN2.C6H4BrClN2O.C6H6BrClN2.C6H3BrClNO.C6H2BrN3O2/c1-4(10)7-6(9)2-5(8)3-11-7;7-3-1-4(8)5(6(9)11)10-2-3;7-4-1-5(8)6(2-9)10-3-4;7-4-1-5(8)6(3-10)9-2-4;7-4-1-6(10(11)12)5(2-8)9-3-4/h2-4H,10H2,1H3;1-2H,(H2,9,11);1,3H,2,9H2;1-3H;1,3H. The molecule has 1 atom stereocenters. The summed E-state index contributed by atoms with van der Waals surface area (Å²) in [6, 6.07) is 9.50. The predicted octanol–water partition coefficient (Wildman–Crippen LogP) is 10.0. The number of nitrogens with two attached hydrogens (primary N) is 3. The van der Waals surface area contributed by atoms with Gasteiger partial charge < -0.3 is 17.2 Å². The molecule has 0 saturated heterocycles. The zero-order chi connectivity index (χ0) is 41.1. The van der Waals surface area contributed by atoms with Crippen LogP contribution in [0.1, 0.15) is 51.0 Å². The third kappa shape index (κ3) is 17.8. The number of nitrogens with zero attached hydrogens (tertiary/aromatic N) is 7. The monoisotopic (exact) mass is 1130 g/mol. The summed E-state index contributed by atoms with van der Waals surface area (Å²) in [4.78, 5) is 49.6. The summed E-state index contributed by atoms with van der Waals surface area (Å²) < 4.78 is 3.70. The maximum Gasteiger partial charge on any atom is 0.306 e. The normalized spacial score (nSPS) is 10.2. The first-order valence-electron chi connectivity index (χ1n) is 14.0. The largest absolute Gasteiger partial charge is 0.364 e. The Morgan fingerprint density at radius 3 is 1.70 bits per heavy atom. The van der Waals surface area contributed by atoms with E-state index in [1.54, 1.807) is 42.7 Å². The van der Waals surface area contributed by atoms with Crippen molar-refractivity contribution in [2.45, 2.75) is 19.5 Å². The highest BCUT2D eigenvalue weighted by atomic mass is 79.9. The summed E-state index contributed by atoms with van der Waals surface area (Å²) in [6.45, 7) is 2.23. The fourth-order valence-electron chi connectivity index (χ4n) is 3.11.